The molecule has 158 valence electrons. The summed E-state index contributed by atoms with van der Waals surface area (Å²) in [5, 5.41) is 12.1. The number of ether oxygens (including phenoxy) is 1. The molecule has 1 N–H and O–H groups in total. The number of amides is 1. The smallest absolute Gasteiger partial charge is 0.261 e. The number of nitrogens with one attached hydrogen (secondary N) is 1. The van der Waals surface area contributed by atoms with Crippen molar-refractivity contribution in [2.45, 2.75) is 39.0 Å². The van der Waals surface area contributed by atoms with Crippen LogP contribution in [-0.4, -0.2) is 35.6 Å². The maximum Gasteiger partial charge on any atom is 0.261 e. The van der Waals surface area contributed by atoms with E-state index in [9.17, 15) is 4.79 Å². The van der Waals surface area contributed by atoms with Crippen LogP contribution in [0.2, 0.25) is 0 Å². The van der Waals surface area contributed by atoms with E-state index in [1.807, 2.05) is 29.2 Å². The Morgan fingerprint density at radius 3 is 2.57 bits per heavy atom. The number of hydrogen-bond acceptors (Lipinski definition) is 4. The average Bonchev–Trinajstić information content (AvgIpc) is 2.77. The number of benzene rings is 2. The highest BCUT2D eigenvalue weighted by Gasteiger charge is 2.17. The van der Waals surface area contributed by atoms with Crippen LogP contribution >= 0.6 is 12.2 Å². The number of thiocarbonyl (C=S) groups is 1. The number of rotatable bonds is 11. The van der Waals surface area contributed by atoms with Crippen LogP contribution in [-0.2, 0) is 6.42 Å². The van der Waals surface area contributed by atoms with Crippen LogP contribution in [0, 0.1) is 11.3 Å². The minimum atomic E-state index is -0.298. The molecule has 0 heterocycles. The van der Waals surface area contributed by atoms with E-state index in [1.54, 1.807) is 18.2 Å². The molecule has 6 heteroatoms. The summed E-state index contributed by atoms with van der Waals surface area (Å²) >= 11 is 5.49. The summed E-state index contributed by atoms with van der Waals surface area (Å²) in [7, 11) is 0. The third kappa shape index (κ3) is 7.84. The monoisotopic (exact) mass is 423 g/mol. The van der Waals surface area contributed by atoms with E-state index in [2.05, 4.69) is 30.4 Å². The van der Waals surface area contributed by atoms with Gasteiger partial charge in [-0.25, -0.2) is 0 Å². The molecular formula is C24H29N3O2S. The Labute approximate surface area is 184 Å². The molecule has 0 bridgehead atoms. The van der Waals surface area contributed by atoms with E-state index in [1.165, 1.54) is 5.56 Å². The molecule has 30 heavy (non-hydrogen) atoms. The first-order valence-corrected chi connectivity index (χ1v) is 10.8. The van der Waals surface area contributed by atoms with E-state index >= 15 is 0 Å². The van der Waals surface area contributed by atoms with Gasteiger partial charge in [0.1, 0.15) is 5.75 Å². The lowest BCUT2D eigenvalue weighted by molar-refractivity contribution is 0.0969. The van der Waals surface area contributed by atoms with Crippen molar-refractivity contribution in [1.82, 2.24) is 10.2 Å². The summed E-state index contributed by atoms with van der Waals surface area (Å²) in [6.07, 6.45) is 4.27. The Bertz CT molecular complexity index is 849. The van der Waals surface area contributed by atoms with Crippen LogP contribution in [0.25, 0.3) is 0 Å². The summed E-state index contributed by atoms with van der Waals surface area (Å²) in [6.45, 7) is 3.81. The van der Waals surface area contributed by atoms with Gasteiger partial charge in [-0.2, -0.15) is 5.26 Å². The van der Waals surface area contributed by atoms with Crippen LogP contribution < -0.4 is 10.1 Å². The number of hydrogen-bond donors (Lipinski definition) is 1. The number of carbonyl (C=O) groups is 1. The summed E-state index contributed by atoms with van der Waals surface area (Å²) < 4.78 is 5.81. The van der Waals surface area contributed by atoms with Crippen LogP contribution in [0.15, 0.2) is 54.6 Å². The minimum absolute atomic E-state index is 0.298. The van der Waals surface area contributed by atoms with Crippen molar-refractivity contribution in [2.24, 2.45) is 0 Å². The fraction of sp³-hybridized carbons (Fsp3) is 0.375. The zero-order valence-electron chi connectivity index (χ0n) is 17.5. The predicted octanol–water partition coefficient (Wildman–Crippen LogP) is 4.73. The second-order valence-electron chi connectivity index (χ2n) is 6.94. The second-order valence-corrected chi connectivity index (χ2v) is 7.33. The molecule has 0 spiro atoms. The highest BCUT2D eigenvalue weighted by Crippen LogP contribution is 2.18. The molecule has 0 radical (unpaired) electrons. The van der Waals surface area contributed by atoms with Crippen molar-refractivity contribution in [3.05, 3.63) is 65.7 Å². The molecule has 0 aliphatic carbocycles. The lowest BCUT2D eigenvalue weighted by Gasteiger charge is -2.24. The Morgan fingerprint density at radius 2 is 1.83 bits per heavy atom. The maximum absolute atomic E-state index is 12.8. The van der Waals surface area contributed by atoms with Gasteiger partial charge in [-0.15, -0.1) is 0 Å². The highest BCUT2D eigenvalue weighted by atomic mass is 32.1. The molecule has 1 amide bonds. The van der Waals surface area contributed by atoms with Crippen molar-refractivity contribution in [3.8, 4) is 11.8 Å². The maximum atomic E-state index is 12.8. The van der Waals surface area contributed by atoms with Crippen molar-refractivity contribution in [3.63, 3.8) is 0 Å². The first kappa shape index (κ1) is 23.4. The first-order chi connectivity index (χ1) is 14.7. The predicted molar refractivity (Wildman–Crippen MR) is 123 cm³/mol. The molecule has 2 aromatic carbocycles. The van der Waals surface area contributed by atoms with Crippen molar-refractivity contribution < 1.29 is 9.53 Å². The largest absolute Gasteiger partial charge is 0.493 e. The molecule has 0 aliphatic heterocycles. The molecular weight excluding hydrogens is 394 g/mol. The van der Waals surface area contributed by atoms with Crippen LogP contribution in [0.1, 0.15) is 48.5 Å². The van der Waals surface area contributed by atoms with E-state index in [0.717, 1.165) is 25.7 Å². The molecule has 0 saturated heterocycles. The number of carbonyl (C=O) groups excluding carboxylic acids is 1. The molecule has 0 saturated carbocycles. The third-order valence-corrected chi connectivity index (χ3v) is 5.01. The highest BCUT2D eigenvalue weighted by molar-refractivity contribution is 7.80. The van der Waals surface area contributed by atoms with Crippen LogP contribution in [0.5, 0.6) is 5.75 Å². The Morgan fingerprint density at radius 1 is 1.10 bits per heavy atom. The number of nitriles is 1. The fourth-order valence-corrected chi connectivity index (χ4v) is 3.24. The molecule has 0 unspecified atom stereocenters. The van der Waals surface area contributed by atoms with Gasteiger partial charge < -0.3 is 9.64 Å². The van der Waals surface area contributed by atoms with Gasteiger partial charge in [-0.3, -0.25) is 10.1 Å². The molecule has 0 aromatic heterocycles. The quantitative estimate of drug-likeness (QED) is 0.418. The van der Waals surface area contributed by atoms with Gasteiger partial charge in [-0.05, 0) is 42.8 Å². The van der Waals surface area contributed by atoms with E-state index < -0.39 is 0 Å². The molecule has 2 rings (SSSR count). The van der Waals surface area contributed by atoms with E-state index in [4.69, 9.17) is 22.2 Å². The van der Waals surface area contributed by atoms with Crippen molar-refractivity contribution in [1.29, 1.82) is 5.26 Å². The molecule has 5 nitrogen and oxygen atoms in total. The Balaban J connectivity index is 2.00. The van der Waals surface area contributed by atoms with Crippen molar-refractivity contribution in [2.75, 3.05) is 19.7 Å². The summed E-state index contributed by atoms with van der Waals surface area (Å²) in [6, 6.07) is 19.4. The number of nitrogens with zero attached hydrogens (tertiary/aromatic N) is 2. The second kappa shape index (κ2) is 13.3. The standard InChI is InChI=1S/C24H29N3O2S/c1-2-3-9-19-29-22-14-8-7-13-21(22)23(28)26-24(30)27(17-10-16-25)18-15-20-11-5-4-6-12-20/h4-8,11-14H,2-3,9-10,15,17-19H2,1H3,(H,26,28,30). The van der Waals surface area contributed by atoms with E-state index in [-0.39, 0.29) is 5.91 Å². The van der Waals surface area contributed by atoms with E-state index in [0.29, 0.717) is 42.5 Å². The van der Waals surface area contributed by atoms with Gasteiger partial charge in [0.2, 0.25) is 0 Å². The van der Waals surface area contributed by atoms with Crippen LogP contribution in [0.3, 0.4) is 0 Å². The topological polar surface area (TPSA) is 65.4 Å². The first-order valence-electron chi connectivity index (χ1n) is 10.4. The SMILES string of the molecule is CCCCCOc1ccccc1C(=O)NC(=S)N(CCC#N)CCc1ccccc1. The summed E-state index contributed by atoms with van der Waals surface area (Å²) in [5.41, 5.74) is 1.64. The van der Waals surface area contributed by atoms with Gasteiger partial charge in [0.05, 0.1) is 24.7 Å². The zero-order chi connectivity index (χ0) is 21.6. The normalized spacial score (nSPS) is 10.1. The zero-order valence-corrected chi connectivity index (χ0v) is 18.3. The number of unbranched alkanes of at least 4 members (excludes halogenated alkanes) is 2. The van der Waals surface area contributed by atoms with Crippen molar-refractivity contribution >= 4 is 23.2 Å². The fourth-order valence-electron chi connectivity index (χ4n) is 2.97. The van der Waals surface area contributed by atoms with Crippen LogP contribution in [0.4, 0.5) is 0 Å². The number of para-hydroxylation sites is 1. The lowest BCUT2D eigenvalue weighted by Crippen LogP contribution is -2.44. The van der Waals surface area contributed by atoms with Gasteiger partial charge in [-0.1, -0.05) is 62.2 Å². The molecule has 0 atom stereocenters. The lowest BCUT2D eigenvalue weighted by atomic mass is 10.1. The molecule has 2 aromatic rings. The Hall–Kier alpha value is -2.91. The van der Waals surface area contributed by atoms with Gasteiger partial charge in [0.25, 0.3) is 5.91 Å². The van der Waals surface area contributed by atoms with Gasteiger partial charge >= 0.3 is 0 Å². The molecule has 0 aliphatic rings. The minimum Gasteiger partial charge on any atom is -0.493 e. The third-order valence-electron chi connectivity index (χ3n) is 4.65. The summed E-state index contributed by atoms with van der Waals surface area (Å²) in [4.78, 5) is 14.7. The Kier molecular flexibility index (Phi) is 10.4. The molecule has 0 fully saturated rings. The average molecular weight is 424 g/mol. The van der Waals surface area contributed by atoms with Gasteiger partial charge in [0.15, 0.2) is 5.11 Å². The van der Waals surface area contributed by atoms with Gasteiger partial charge in [0, 0.05) is 13.1 Å². The summed E-state index contributed by atoms with van der Waals surface area (Å²) in [5.74, 6) is 0.259.